The average molecular weight is 282 g/mol. The Hall–Kier alpha value is -2.33. The van der Waals surface area contributed by atoms with Gasteiger partial charge in [-0.1, -0.05) is 18.2 Å². The lowest BCUT2D eigenvalue weighted by Gasteiger charge is -2.20. The predicted molar refractivity (Wildman–Crippen MR) is 82.8 cm³/mol. The van der Waals surface area contributed by atoms with Gasteiger partial charge in [0.05, 0.1) is 7.11 Å². The zero-order valence-corrected chi connectivity index (χ0v) is 12.0. The Morgan fingerprint density at radius 3 is 2.95 bits per heavy atom. The number of fused-ring (bicyclic) bond motifs is 1. The van der Waals surface area contributed by atoms with Crippen LogP contribution in [0, 0.1) is 0 Å². The lowest BCUT2D eigenvalue weighted by Crippen LogP contribution is -2.25. The molecule has 0 atom stereocenters. The minimum absolute atomic E-state index is 0.118. The van der Waals surface area contributed by atoms with E-state index in [0.29, 0.717) is 11.3 Å². The summed E-state index contributed by atoms with van der Waals surface area (Å²) < 4.78 is 5.16. The van der Waals surface area contributed by atoms with E-state index in [1.54, 1.807) is 19.2 Å². The molecule has 1 aliphatic rings. The van der Waals surface area contributed by atoms with Crippen molar-refractivity contribution in [3.05, 3.63) is 59.2 Å². The van der Waals surface area contributed by atoms with Crippen LogP contribution in [0.4, 0.5) is 5.69 Å². The molecule has 1 amide bonds. The Kier molecular flexibility index (Phi) is 3.88. The number of amides is 1. The first-order chi connectivity index (χ1) is 10.3. The molecule has 21 heavy (non-hydrogen) atoms. The monoisotopic (exact) mass is 282 g/mol. The van der Waals surface area contributed by atoms with Crippen LogP contribution in [0.15, 0.2) is 42.5 Å². The summed E-state index contributed by atoms with van der Waals surface area (Å²) in [5.74, 6) is 0.562. The van der Waals surface area contributed by atoms with Crippen molar-refractivity contribution in [1.82, 2.24) is 5.32 Å². The summed E-state index contributed by atoms with van der Waals surface area (Å²) in [7, 11) is 1.59. The van der Waals surface area contributed by atoms with E-state index in [4.69, 9.17) is 4.74 Å². The van der Waals surface area contributed by atoms with E-state index in [1.807, 2.05) is 24.3 Å². The van der Waals surface area contributed by atoms with Crippen molar-refractivity contribution < 1.29 is 9.53 Å². The molecular weight excluding hydrogens is 264 g/mol. The summed E-state index contributed by atoms with van der Waals surface area (Å²) >= 11 is 0. The number of ether oxygens (including phenoxy) is 1. The number of rotatable bonds is 3. The van der Waals surface area contributed by atoms with Crippen LogP contribution in [0.5, 0.6) is 5.75 Å². The van der Waals surface area contributed by atoms with Gasteiger partial charge in [0, 0.05) is 17.8 Å². The number of nitrogens with one attached hydrogen (secondary N) is 2. The summed E-state index contributed by atoms with van der Waals surface area (Å²) in [5.41, 5.74) is 3.96. The highest BCUT2D eigenvalue weighted by Gasteiger charge is 2.15. The molecule has 108 valence electrons. The fourth-order valence-corrected chi connectivity index (χ4v) is 2.59. The molecule has 0 radical (unpaired) electrons. The van der Waals surface area contributed by atoms with Gasteiger partial charge in [-0.3, -0.25) is 4.79 Å². The summed E-state index contributed by atoms with van der Waals surface area (Å²) in [6, 6.07) is 13.2. The smallest absolute Gasteiger partial charge is 0.255 e. The summed E-state index contributed by atoms with van der Waals surface area (Å²) in [4.78, 5) is 12.4. The largest absolute Gasteiger partial charge is 0.497 e. The maximum Gasteiger partial charge on any atom is 0.255 e. The molecule has 0 saturated carbocycles. The van der Waals surface area contributed by atoms with Gasteiger partial charge in [0.1, 0.15) is 5.75 Å². The number of hydrogen-bond donors (Lipinski definition) is 2. The van der Waals surface area contributed by atoms with Gasteiger partial charge in [0.25, 0.3) is 5.91 Å². The lowest BCUT2D eigenvalue weighted by molar-refractivity contribution is 0.102. The number of carbonyl (C=O) groups excluding carboxylic acids is 1. The second kappa shape index (κ2) is 5.97. The van der Waals surface area contributed by atoms with E-state index in [0.717, 1.165) is 25.2 Å². The Balaban J connectivity index is 1.84. The number of benzene rings is 2. The molecule has 2 aromatic carbocycles. The summed E-state index contributed by atoms with van der Waals surface area (Å²) in [6.45, 7) is 1.78. The van der Waals surface area contributed by atoms with Gasteiger partial charge in [-0.25, -0.2) is 0 Å². The third-order valence-corrected chi connectivity index (χ3v) is 3.73. The fourth-order valence-electron chi connectivity index (χ4n) is 2.59. The van der Waals surface area contributed by atoms with Crippen LogP contribution in [0.2, 0.25) is 0 Å². The van der Waals surface area contributed by atoms with E-state index in [1.165, 1.54) is 11.1 Å². The molecular formula is C17H18N2O2. The van der Waals surface area contributed by atoms with E-state index >= 15 is 0 Å². The Morgan fingerprint density at radius 1 is 1.24 bits per heavy atom. The summed E-state index contributed by atoms with van der Waals surface area (Å²) in [5, 5.41) is 6.34. The average Bonchev–Trinajstić information content (AvgIpc) is 2.55. The van der Waals surface area contributed by atoms with Gasteiger partial charge in [-0.15, -0.1) is 0 Å². The number of methoxy groups -OCH3 is 1. The Bertz CT molecular complexity index is 668. The van der Waals surface area contributed by atoms with Crippen LogP contribution >= 0.6 is 0 Å². The van der Waals surface area contributed by atoms with Crippen molar-refractivity contribution in [1.29, 1.82) is 0 Å². The number of carbonyl (C=O) groups is 1. The maximum absolute atomic E-state index is 12.4. The molecule has 4 nitrogen and oxygen atoms in total. The first-order valence-electron chi connectivity index (χ1n) is 7.05. The Morgan fingerprint density at radius 2 is 2.10 bits per heavy atom. The highest BCUT2D eigenvalue weighted by atomic mass is 16.5. The molecule has 3 rings (SSSR count). The van der Waals surface area contributed by atoms with Crippen molar-refractivity contribution in [2.75, 3.05) is 19.0 Å². The highest BCUT2D eigenvalue weighted by Crippen LogP contribution is 2.24. The molecule has 2 aromatic rings. The molecule has 1 aliphatic heterocycles. The van der Waals surface area contributed by atoms with Crippen LogP contribution in [0.1, 0.15) is 21.5 Å². The zero-order valence-electron chi connectivity index (χ0n) is 12.0. The highest BCUT2D eigenvalue weighted by molar-refractivity contribution is 6.05. The second-order valence-electron chi connectivity index (χ2n) is 5.06. The normalized spacial score (nSPS) is 13.4. The summed E-state index contributed by atoms with van der Waals surface area (Å²) in [6.07, 6.45) is 0.998. The molecule has 1 heterocycles. The second-order valence-corrected chi connectivity index (χ2v) is 5.06. The van der Waals surface area contributed by atoms with Gasteiger partial charge in [-0.2, -0.15) is 0 Å². The topological polar surface area (TPSA) is 50.4 Å². The molecule has 0 aliphatic carbocycles. The minimum Gasteiger partial charge on any atom is -0.497 e. The third-order valence-electron chi connectivity index (χ3n) is 3.73. The minimum atomic E-state index is -0.118. The van der Waals surface area contributed by atoms with Gasteiger partial charge < -0.3 is 15.4 Å². The molecule has 0 bridgehead atoms. The predicted octanol–water partition coefficient (Wildman–Crippen LogP) is 2.59. The first kappa shape index (κ1) is 13.6. The van der Waals surface area contributed by atoms with Crippen molar-refractivity contribution >= 4 is 11.6 Å². The molecule has 2 N–H and O–H groups in total. The molecule has 0 fully saturated rings. The van der Waals surface area contributed by atoms with Crippen LogP contribution in [-0.2, 0) is 13.0 Å². The number of hydrogen-bond acceptors (Lipinski definition) is 3. The van der Waals surface area contributed by atoms with Crippen LogP contribution in [0.25, 0.3) is 0 Å². The SMILES string of the molecule is COc1cccc(C(=O)Nc2cccc3c2CNCC3)c1. The quantitative estimate of drug-likeness (QED) is 0.909. The van der Waals surface area contributed by atoms with Crippen LogP contribution in [-0.4, -0.2) is 19.6 Å². The van der Waals surface area contributed by atoms with Crippen LogP contribution < -0.4 is 15.4 Å². The molecule has 0 saturated heterocycles. The lowest BCUT2D eigenvalue weighted by atomic mass is 9.99. The first-order valence-corrected chi connectivity index (χ1v) is 7.05. The van der Waals surface area contributed by atoms with Crippen LogP contribution in [0.3, 0.4) is 0 Å². The van der Waals surface area contributed by atoms with Crippen molar-refractivity contribution in [3.8, 4) is 5.75 Å². The molecule has 0 spiro atoms. The van der Waals surface area contributed by atoms with E-state index < -0.39 is 0 Å². The van der Waals surface area contributed by atoms with Gasteiger partial charge >= 0.3 is 0 Å². The number of anilines is 1. The van der Waals surface area contributed by atoms with Gasteiger partial charge in [-0.05, 0) is 48.4 Å². The van der Waals surface area contributed by atoms with Crippen molar-refractivity contribution in [2.45, 2.75) is 13.0 Å². The van der Waals surface area contributed by atoms with E-state index in [9.17, 15) is 4.79 Å². The molecule has 0 unspecified atom stereocenters. The van der Waals surface area contributed by atoms with Crippen molar-refractivity contribution in [3.63, 3.8) is 0 Å². The zero-order chi connectivity index (χ0) is 14.7. The standard InChI is InChI=1S/C17H18N2O2/c1-21-14-6-2-5-13(10-14)17(20)19-16-7-3-4-12-8-9-18-11-15(12)16/h2-7,10,18H,8-9,11H2,1H3,(H,19,20). The molecule has 4 heteroatoms. The van der Waals surface area contributed by atoms with Gasteiger partial charge in [0.15, 0.2) is 0 Å². The third kappa shape index (κ3) is 2.90. The van der Waals surface area contributed by atoms with Crippen molar-refractivity contribution in [2.24, 2.45) is 0 Å². The van der Waals surface area contributed by atoms with E-state index in [2.05, 4.69) is 16.7 Å². The fraction of sp³-hybridized carbons (Fsp3) is 0.235. The van der Waals surface area contributed by atoms with Gasteiger partial charge in [0.2, 0.25) is 0 Å². The van der Waals surface area contributed by atoms with E-state index in [-0.39, 0.29) is 5.91 Å². The molecule has 0 aromatic heterocycles. The maximum atomic E-state index is 12.4. The Labute approximate surface area is 124 Å².